The highest BCUT2D eigenvalue weighted by atomic mass is 16.1. The van der Waals surface area contributed by atoms with Gasteiger partial charge in [-0.1, -0.05) is 0 Å². The van der Waals surface area contributed by atoms with E-state index in [1.165, 1.54) is 30.1 Å². The Labute approximate surface area is 63.5 Å². The third-order valence-electron chi connectivity index (χ3n) is 1.19. The van der Waals surface area contributed by atoms with Crippen molar-refractivity contribution in [2.24, 2.45) is 0 Å². The van der Waals surface area contributed by atoms with Gasteiger partial charge in [0.1, 0.15) is 5.78 Å². The van der Waals surface area contributed by atoms with Crippen molar-refractivity contribution in [3.8, 4) is 0 Å². The zero-order valence-electron chi connectivity index (χ0n) is 6.15. The molecule has 0 spiro atoms. The van der Waals surface area contributed by atoms with E-state index in [2.05, 4.69) is 4.98 Å². The van der Waals surface area contributed by atoms with E-state index in [4.69, 9.17) is 0 Å². The van der Waals surface area contributed by atoms with Crippen LogP contribution >= 0.6 is 0 Å². The molecule has 11 heavy (non-hydrogen) atoms. The van der Waals surface area contributed by atoms with E-state index in [0.29, 0.717) is 0 Å². The number of carbonyl (C=O) groups is 1. The molecule has 0 unspecified atom stereocenters. The average molecular weight is 152 g/mol. The summed E-state index contributed by atoms with van der Waals surface area (Å²) >= 11 is 0. The predicted molar refractivity (Wildman–Crippen MR) is 39.2 cm³/mol. The maximum Gasteiger partial charge on any atom is 0.269 e. The standard InChI is InChI=1S/C7H8N2O2/c1-6(10)5-9-3-2-8-4-7(9)11/h2-4H,5H2,1H3. The van der Waals surface area contributed by atoms with Crippen LogP contribution in [0.5, 0.6) is 0 Å². The number of aromatic nitrogens is 2. The molecule has 0 radical (unpaired) electrons. The van der Waals surface area contributed by atoms with Crippen LogP contribution in [0.25, 0.3) is 0 Å². The number of Topliss-reactive ketones (excluding diaryl/α,β-unsaturated/α-hetero) is 1. The summed E-state index contributed by atoms with van der Waals surface area (Å²) in [5.41, 5.74) is -0.247. The average Bonchev–Trinajstić information content (AvgIpc) is 1.93. The molecule has 1 rings (SSSR count). The van der Waals surface area contributed by atoms with Crippen LogP contribution in [0.15, 0.2) is 23.4 Å². The van der Waals surface area contributed by atoms with Crippen LogP contribution in [0.1, 0.15) is 6.92 Å². The van der Waals surface area contributed by atoms with Gasteiger partial charge in [0.25, 0.3) is 5.56 Å². The van der Waals surface area contributed by atoms with Gasteiger partial charge in [-0.3, -0.25) is 14.6 Å². The highest BCUT2D eigenvalue weighted by Crippen LogP contribution is 1.79. The fourth-order valence-electron chi connectivity index (χ4n) is 0.744. The van der Waals surface area contributed by atoms with Crippen LogP contribution in [-0.4, -0.2) is 15.3 Å². The van der Waals surface area contributed by atoms with E-state index in [-0.39, 0.29) is 17.9 Å². The Morgan fingerprint density at radius 1 is 1.73 bits per heavy atom. The van der Waals surface area contributed by atoms with Gasteiger partial charge in [-0.25, -0.2) is 0 Å². The lowest BCUT2D eigenvalue weighted by molar-refractivity contribution is -0.117. The Balaban J connectivity index is 2.95. The third-order valence-corrected chi connectivity index (χ3v) is 1.19. The lowest BCUT2D eigenvalue weighted by atomic mass is 10.4. The van der Waals surface area contributed by atoms with Crippen molar-refractivity contribution < 1.29 is 4.79 Å². The largest absolute Gasteiger partial charge is 0.305 e. The monoisotopic (exact) mass is 152 g/mol. The molecule has 1 aromatic rings. The van der Waals surface area contributed by atoms with Gasteiger partial charge in [0.05, 0.1) is 12.7 Å². The van der Waals surface area contributed by atoms with E-state index >= 15 is 0 Å². The molecular weight excluding hydrogens is 144 g/mol. The minimum atomic E-state index is -0.247. The Bertz CT molecular complexity index is 316. The van der Waals surface area contributed by atoms with Gasteiger partial charge in [-0.15, -0.1) is 0 Å². The summed E-state index contributed by atoms with van der Waals surface area (Å²) in [6.07, 6.45) is 4.15. The van der Waals surface area contributed by atoms with Gasteiger partial charge >= 0.3 is 0 Å². The topological polar surface area (TPSA) is 52.0 Å². The number of nitrogens with zero attached hydrogens (tertiary/aromatic N) is 2. The zero-order valence-corrected chi connectivity index (χ0v) is 6.15. The van der Waals surface area contributed by atoms with Crippen molar-refractivity contribution in [1.82, 2.24) is 9.55 Å². The maximum absolute atomic E-state index is 10.9. The normalized spacial score (nSPS) is 9.55. The molecular formula is C7H8N2O2. The molecule has 0 saturated heterocycles. The molecule has 0 atom stereocenters. The SMILES string of the molecule is CC(=O)Cn1ccncc1=O. The van der Waals surface area contributed by atoms with Gasteiger partial charge in [-0.05, 0) is 6.92 Å². The first kappa shape index (κ1) is 7.65. The molecule has 0 aliphatic rings. The van der Waals surface area contributed by atoms with Crippen molar-refractivity contribution >= 4 is 5.78 Å². The predicted octanol–water partition coefficient (Wildman–Crippen LogP) is -0.168. The van der Waals surface area contributed by atoms with E-state index in [9.17, 15) is 9.59 Å². The highest BCUT2D eigenvalue weighted by Gasteiger charge is 1.96. The third kappa shape index (κ3) is 2.00. The lowest BCUT2D eigenvalue weighted by Gasteiger charge is -1.98. The molecule has 58 valence electrons. The Hall–Kier alpha value is -1.45. The molecule has 0 aromatic carbocycles. The minimum Gasteiger partial charge on any atom is -0.305 e. The summed E-state index contributed by atoms with van der Waals surface area (Å²) in [6.45, 7) is 1.56. The molecule has 0 aliphatic carbocycles. The number of ketones is 1. The summed E-state index contributed by atoms with van der Waals surface area (Å²) in [4.78, 5) is 25.1. The van der Waals surface area contributed by atoms with Crippen LogP contribution in [0.4, 0.5) is 0 Å². The molecule has 0 bridgehead atoms. The van der Waals surface area contributed by atoms with Crippen molar-refractivity contribution in [2.45, 2.75) is 13.5 Å². The molecule has 1 heterocycles. The quantitative estimate of drug-likeness (QED) is 0.591. The van der Waals surface area contributed by atoms with E-state index in [1.54, 1.807) is 0 Å². The van der Waals surface area contributed by atoms with Crippen LogP contribution in [0, 0.1) is 0 Å². The van der Waals surface area contributed by atoms with E-state index < -0.39 is 0 Å². The first-order valence-corrected chi connectivity index (χ1v) is 3.20. The summed E-state index contributed by atoms with van der Waals surface area (Å²) in [5.74, 6) is -0.0432. The zero-order chi connectivity index (χ0) is 8.27. The first-order chi connectivity index (χ1) is 5.20. The minimum absolute atomic E-state index is 0.0432. The number of carbonyl (C=O) groups excluding carboxylic acids is 1. The van der Waals surface area contributed by atoms with Crippen molar-refractivity contribution in [1.29, 1.82) is 0 Å². The highest BCUT2D eigenvalue weighted by molar-refractivity contribution is 5.75. The fourth-order valence-corrected chi connectivity index (χ4v) is 0.744. The van der Waals surface area contributed by atoms with Gasteiger partial charge < -0.3 is 4.57 Å². The van der Waals surface area contributed by atoms with Crippen molar-refractivity contribution in [3.63, 3.8) is 0 Å². The second-order valence-electron chi connectivity index (χ2n) is 2.24. The molecule has 0 amide bonds. The van der Waals surface area contributed by atoms with E-state index in [1.807, 2.05) is 0 Å². The van der Waals surface area contributed by atoms with Crippen molar-refractivity contribution in [3.05, 3.63) is 28.9 Å². The first-order valence-electron chi connectivity index (χ1n) is 3.20. The smallest absolute Gasteiger partial charge is 0.269 e. The van der Waals surface area contributed by atoms with Crippen LogP contribution in [0.2, 0.25) is 0 Å². The molecule has 0 fully saturated rings. The fraction of sp³-hybridized carbons (Fsp3) is 0.286. The van der Waals surface area contributed by atoms with Crippen LogP contribution in [-0.2, 0) is 11.3 Å². The Morgan fingerprint density at radius 2 is 2.45 bits per heavy atom. The number of hydrogen-bond acceptors (Lipinski definition) is 3. The van der Waals surface area contributed by atoms with Crippen molar-refractivity contribution in [2.75, 3.05) is 0 Å². The van der Waals surface area contributed by atoms with Gasteiger partial charge in [0.2, 0.25) is 0 Å². The van der Waals surface area contributed by atoms with E-state index in [0.717, 1.165) is 0 Å². The summed E-state index contributed by atoms with van der Waals surface area (Å²) in [6, 6.07) is 0. The van der Waals surface area contributed by atoms with Gasteiger partial charge in [0, 0.05) is 12.4 Å². The number of hydrogen-bond donors (Lipinski definition) is 0. The molecule has 0 N–H and O–H groups in total. The van der Waals surface area contributed by atoms with Gasteiger partial charge in [0.15, 0.2) is 0 Å². The lowest BCUT2D eigenvalue weighted by Crippen LogP contribution is -2.21. The summed E-state index contributed by atoms with van der Waals surface area (Å²) in [7, 11) is 0. The second-order valence-corrected chi connectivity index (χ2v) is 2.24. The van der Waals surface area contributed by atoms with Gasteiger partial charge in [-0.2, -0.15) is 0 Å². The second kappa shape index (κ2) is 3.09. The molecule has 4 heteroatoms. The molecule has 0 aliphatic heterocycles. The number of rotatable bonds is 2. The molecule has 0 saturated carbocycles. The summed E-state index contributed by atoms with van der Waals surface area (Å²) < 4.78 is 1.31. The molecule has 4 nitrogen and oxygen atoms in total. The van der Waals surface area contributed by atoms with Crippen LogP contribution in [0.3, 0.4) is 0 Å². The Kier molecular flexibility index (Phi) is 2.15. The summed E-state index contributed by atoms with van der Waals surface area (Å²) in [5, 5.41) is 0. The Morgan fingerprint density at radius 3 is 3.00 bits per heavy atom. The molecule has 1 aromatic heterocycles. The van der Waals surface area contributed by atoms with Crippen LogP contribution < -0.4 is 5.56 Å². The maximum atomic E-state index is 10.9.